The highest BCUT2D eigenvalue weighted by molar-refractivity contribution is 6.07. The monoisotopic (exact) mass is 406 g/mol. The zero-order valence-corrected chi connectivity index (χ0v) is 17.3. The number of ether oxygens (including phenoxy) is 1. The van der Waals surface area contributed by atoms with E-state index < -0.39 is 17.5 Å². The fraction of sp³-hybridized carbons (Fsp3) is 0.348. The third-order valence-corrected chi connectivity index (χ3v) is 5.77. The molecule has 2 heterocycles. The molecule has 2 aliphatic rings. The highest BCUT2D eigenvalue weighted by Gasteiger charge is 2.49. The molecule has 2 fully saturated rings. The molecule has 0 bridgehead atoms. The van der Waals surface area contributed by atoms with Crippen molar-refractivity contribution in [3.8, 4) is 5.75 Å². The molecule has 0 spiro atoms. The largest absolute Gasteiger partial charge is 0.497 e. The van der Waals surface area contributed by atoms with Crippen molar-refractivity contribution in [2.75, 3.05) is 25.1 Å². The van der Waals surface area contributed by atoms with Gasteiger partial charge in [-0.25, -0.2) is 4.79 Å². The van der Waals surface area contributed by atoms with Crippen LogP contribution in [0.2, 0.25) is 0 Å². The highest BCUT2D eigenvalue weighted by Crippen LogP contribution is 2.30. The molecule has 2 aliphatic heterocycles. The van der Waals surface area contributed by atoms with Crippen molar-refractivity contribution in [3.05, 3.63) is 59.7 Å². The summed E-state index contributed by atoms with van der Waals surface area (Å²) in [5, 5.41) is 7.80. The topological polar surface area (TPSA) is 74.2 Å². The van der Waals surface area contributed by atoms with E-state index in [1.165, 1.54) is 31.2 Å². The van der Waals surface area contributed by atoms with Gasteiger partial charge in [-0.05, 0) is 61.6 Å². The van der Waals surface area contributed by atoms with E-state index in [0.717, 1.165) is 23.7 Å². The Labute approximate surface area is 176 Å². The SMILES string of the molecule is COc1ccc([C@]2(C)NC(=O)N(/N=C\c3ccc(N4CCCCC4)cc3)C2=O)cc1. The molecule has 0 radical (unpaired) electrons. The first kappa shape index (κ1) is 19.9. The van der Waals surface area contributed by atoms with Gasteiger partial charge in [0.25, 0.3) is 5.91 Å². The number of hydrogen-bond acceptors (Lipinski definition) is 5. The molecule has 2 aromatic carbocycles. The standard InChI is InChI=1S/C23H26N4O3/c1-23(18-8-12-20(30-2)13-9-18)21(28)27(22(29)25-23)24-16-17-6-10-19(11-7-17)26-14-4-3-5-15-26/h6-13,16H,3-5,14-15H2,1-2H3,(H,25,29)/b24-16-/t23-/m0/s1. The minimum Gasteiger partial charge on any atom is -0.497 e. The fourth-order valence-electron chi connectivity index (χ4n) is 3.90. The Kier molecular flexibility index (Phi) is 5.44. The minimum absolute atomic E-state index is 0.418. The fourth-order valence-corrected chi connectivity index (χ4v) is 3.90. The molecule has 7 nitrogen and oxygen atoms in total. The quantitative estimate of drug-likeness (QED) is 0.609. The lowest BCUT2D eigenvalue weighted by atomic mass is 9.92. The first-order valence-electron chi connectivity index (χ1n) is 10.2. The molecule has 0 saturated carbocycles. The van der Waals surface area contributed by atoms with Crippen molar-refractivity contribution in [2.45, 2.75) is 31.7 Å². The Balaban J connectivity index is 1.48. The zero-order valence-electron chi connectivity index (χ0n) is 17.3. The summed E-state index contributed by atoms with van der Waals surface area (Å²) in [6.07, 6.45) is 5.28. The number of nitrogens with zero attached hydrogens (tertiary/aromatic N) is 3. The number of amides is 3. The van der Waals surface area contributed by atoms with Crippen LogP contribution < -0.4 is 15.0 Å². The summed E-state index contributed by atoms with van der Waals surface area (Å²) in [5.74, 6) is 0.265. The molecule has 3 amide bonds. The number of carbonyl (C=O) groups excluding carboxylic acids is 2. The molecule has 0 unspecified atom stereocenters. The summed E-state index contributed by atoms with van der Waals surface area (Å²) in [7, 11) is 1.58. The Morgan fingerprint density at radius 3 is 2.30 bits per heavy atom. The second kappa shape index (κ2) is 8.18. The smallest absolute Gasteiger partial charge is 0.346 e. The molecular formula is C23H26N4O3. The van der Waals surface area contributed by atoms with E-state index in [1.54, 1.807) is 38.3 Å². The van der Waals surface area contributed by atoms with E-state index in [9.17, 15) is 9.59 Å². The second-order valence-corrected chi connectivity index (χ2v) is 7.78. The van der Waals surface area contributed by atoms with E-state index in [4.69, 9.17) is 4.74 Å². The van der Waals surface area contributed by atoms with Crippen LogP contribution in [0, 0.1) is 0 Å². The van der Waals surface area contributed by atoms with Crippen molar-refractivity contribution in [1.82, 2.24) is 10.3 Å². The molecule has 0 aliphatic carbocycles. The molecule has 1 atom stereocenters. The normalized spacial score (nSPS) is 21.9. The molecule has 2 aromatic rings. The van der Waals surface area contributed by atoms with Crippen molar-refractivity contribution in [3.63, 3.8) is 0 Å². The van der Waals surface area contributed by atoms with Gasteiger partial charge >= 0.3 is 6.03 Å². The lowest BCUT2D eigenvalue weighted by molar-refractivity contribution is -0.131. The summed E-state index contributed by atoms with van der Waals surface area (Å²) in [6, 6.07) is 14.5. The summed E-state index contributed by atoms with van der Waals surface area (Å²) in [5.41, 5.74) is 1.52. The Bertz CT molecular complexity index is 949. The molecule has 1 N–H and O–H groups in total. The molecule has 2 saturated heterocycles. The van der Waals surface area contributed by atoms with E-state index in [2.05, 4.69) is 27.5 Å². The van der Waals surface area contributed by atoms with Crippen LogP contribution in [0.1, 0.15) is 37.3 Å². The second-order valence-electron chi connectivity index (χ2n) is 7.78. The van der Waals surface area contributed by atoms with Crippen molar-refractivity contribution in [1.29, 1.82) is 0 Å². The molecule has 4 rings (SSSR count). The van der Waals surface area contributed by atoms with E-state index in [-0.39, 0.29) is 0 Å². The van der Waals surface area contributed by atoms with Crippen molar-refractivity contribution in [2.24, 2.45) is 5.10 Å². The van der Waals surface area contributed by atoms with Gasteiger partial charge in [-0.2, -0.15) is 5.10 Å². The maximum Gasteiger partial charge on any atom is 0.346 e. The van der Waals surface area contributed by atoms with Crippen molar-refractivity contribution < 1.29 is 14.3 Å². The maximum absolute atomic E-state index is 13.0. The lowest BCUT2D eigenvalue weighted by Gasteiger charge is -2.28. The minimum atomic E-state index is -1.17. The summed E-state index contributed by atoms with van der Waals surface area (Å²) in [4.78, 5) is 27.8. The van der Waals surface area contributed by atoms with Crippen LogP contribution in [0.15, 0.2) is 53.6 Å². The molecule has 7 heteroatoms. The summed E-state index contributed by atoms with van der Waals surface area (Å²) >= 11 is 0. The molecule has 156 valence electrons. The lowest BCUT2D eigenvalue weighted by Crippen LogP contribution is -2.40. The van der Waals surface area contributed by atoms with Gasteiger partial charge < -0.3 is 15.0 Å². The summed E-state index contributed by atoms with van der Waals surface area (Å²) in [6.45, 7) is 3.84. The Hall–Kier alpha value is -3.35. The number of rotatable bonds is 5. The van der Waals surface area contributed by atoms with Gasteiger partial charge in [0, 0.05) is 18.8 Å². The van der Waals surface area contributed by atoms with E-state index >= 15 is 0 Å². The predicted molar refractivity (Wildman–Crippen MR) is 116 cm³/mol. The first-order valence-corrected chi connectivity index (χ1v) is 10.2. The number of piperidine rings is 1. The average Bonchev–Trinajstić information content (AvgIpc) is 3.02. The van der Waals surface area contributed by atoms with E-state index in [0.29, 0.717) is 11.3 Å². The molecule has 0 aromatic heterocycles. The van der Waals surface area contributed by atoms with Crippen LogP contribution in [0.5, 0.6) is 5.75 Å². The molecular weight excluding hydrogens is 380 g/mol. The Morgan fingerprint density at radius 1 is 1.00 bits per heavy atom. The van der Waals surface area contributed by atoms with Gasteiger partial charge in [0.2, 0.25) is 0 Å². The number of methoxy groups -OCH3 is 1. The highest BCUT2D eigenvalue weighted by atomic mass is 16.5. The number of hydrazone groups is 1. The number of urea groups is 1. The van der Waals surface area contributed by atoms with Gasteiger partial charge in [-0.3, -0.25) is 4.79 Å². The number of anilines is 1. The van der Waals surface area contributed by atoms with Gasteiger partial charge in [0.15, 0.2) is 0 Å². The number of nitrogens with one attached hydrogen (secondary N) is 1. The number of hydrogen-bond donors (Lipinski definition) is 1. The van der Waals surface area contributed by atoms with Gasteiger partial charge in [0.1, 0.15) is 11.3 Å². The number of carbonyl (C=O) groups is 2. The van der Waals surface area contributed by atoms with Gasteiger partial charge in [-0.1, -0.05) is 24.3 Å². The third kappa shape index (κ3) is 3.75. The van der Waals surface area contributed by atoms with Crippen molar-refractivity contribution >= 4 is 23.8 Å². The Morgan fingerprint density at radius 2 is 1.67 bits per heavy atom. The maximum atomic E-state index is 13.0. The predicted octanol–water partition coefficient (Wildman–Crippen LogP) is 3.49. The average molecular weight is 406 g/mol. The molecule has 30 heavy (non-hydrogen) atoms. The van der Waals surface area contributed by atoms with E-state index in [1.807, 2.05) is 12.1 Å². The summed E-state index contributed by atoms with van der Waals surface area (Å²) < 4.78 is 5.16. The van der Waals surface area contributed by atoms with Crippen LogP contribution >= 0.6 is 0 Å². The van der Waals surface area contributed by atoms with Gasteiger partial charge in [-0.15, -0.1) is 5.01 Å². The van der Waals surface area contributed by atoms with Crippen LogP contribution in [0.25, 0.3) is 0 Å². The number of imide groups is 1. The zero-order chi connectivity index (χ0) is 21.1. The van der Waals surface area contributed by atoms with Crippen LogP contribution in [0.3, 0.4) is 0 Å². The van der Waals surface area contributed by atoms with Gasteiger partial charge in [0.05, 0.1) is 13.3 Å². The van der Waals surface area contributed by atoms with Crippen LogP contribution in [-0.4, -0.2) is 43.4 Å². The number of benzene rings is 2. The first-order chi connectivity index (χ1) is 14.5. The van der Waals surface area contributed by atoms with Crippen LogP contribution in [-0.2, 0) is 10.3 Å². The van der Waals surface area contributed by atoms with Crippen LogP contribution in [0.4, 0.5) is 10.5 Å². The third-order valence-electron chi connectivity index (χ3n) is 5.77.